The van der Waals surface area contributed by atoms with Crippen LogP contribution in [0.15, 0.2) is 51.7 Å². The van der Waals surface area contributed by atoms with Crippen molar-refractivity contribution in [2.24, 2.45) is 0 Å². The van der Waals surface area contributed by atoms with Crippen molar-refractivity contribution >= 4 is 45.4 Å². The number of hydrogen-bond acceptors (Lipinski definition) is 6. The number of hydrogen-bond donors (Lipinski definition) is 1. The third-order valence-electron chi connectivity index (χ3n) is 3.40. The fourth-order valence-electron chi connectivity index (χ4n) is 2.29. The molecule has 2 aromatic carbocycles. The van der Waals surface area contributed by atoms with E-state index in [1.165, 1.54) is 18.4 Å². The SMILES string of the molecule is COc1cccc(/C=C(/Sc2nc3ccccc3s2)C(=O)O)c1OC. The van der Waals surface area contributed by atoms with Crippen molar-refractivity contribution in [1.29, 1.82) is 0 Å². The van der Waals surface area contributed by atoms with E-state index in [1.54, 1.807) is 31.4 Å². The molecular weight excluding hydrogens is 358 g/mol. The Morgan fingerprint density at radius 1 is 1.16 bits per heavy atom. The molecule has 3 rings (SSSR count). The number of carbonyl (C=O) groups is 1. The van der Waals surface area contributed by atoms with Gasteiger partial charge in [-0.3, -0.25) is 0 Å². The van der Waals surface area contributed by atoms with Crippen LogP contribution in [-0.2, 0) is 4.79 Å². The number of nitrogens with zero attached hydrogens (tertiary/aromatic N) is 1. The van der Waals surface area contributed by atoms with E-state index in [0.29, 0.717) is 21.4 Å². The molecule has 0 fully saturated rings. The Morgan fingerprint density at radius 2 is 1.96 bits per heavy atom. The molecule has 1 heterocycles. The minimum absolute atomic E-state index is 0.158. The number of aromatic nitrogens is 1. The number of methoxy groups -OCH3 is 2. The largest absolute Gasteiger partial charge is 0.493 e. The lowest BCUT2D eigenvalue weighted by atomic mass is 10.1. The lowest BCUT2D eigenvalue weighted by molar-refractivity contribution is -0.131. The van der Waals surface area contributed by atoms with E-state index in [0.717, 1.165) is 22.0 Å². The summed E-state index contributed by atoms with van der Waals surface area (Å²) in [5.41, 5.74) is 1.49. The number of thioether (sulfide) groups is 1. The third-order valence-corrected chi connectivity index (χ3v) is 5.51. The van der Waals surface area contributed by atoms with Crippen molar-refractivity contribution in [1.82, 2.24) is 4.98 Å². The molecule has 0 amide bonds. The molecule has 3 aromatic rings. The summed E-state index contributed by atoms with van der Waals surface area (Å²) in [6.07, 6.45) is 1.57. The van der Waals surface area contributed by atoms with Crippen LogP contribution in [0.5, 0.6) is 11.5 Å². The summed E-state index contributed by atoms with van der Waals surface area (Å²) in [7, 11) is 3.07. The van der Waals surface area contributed by atoms with Crippen LogP contribution in [0.4, 0.5) is 0 Å². The lowest BCUT2D eigenvalue weighted by Crippen LogP contribution is -1.98. The highest BCUT2D eigenvalue weighted by Crippen LogP contribution is 2.37. The van der Waals surface area contributed by atoms with Gasteiger partial charge in [-0.15, -0.1) is 11.3 Å². The van der Waals surface area contributed by atoms with Gasteiger partial charge in [0.15, 0.2) is 15.8 Å². The van der Waals surface area contributed by atoms with Crippen LogP contribution in [0, 0.1) is 0 Å². The third kappa shape index (κ3) is 3.78. The summed E-state index contributed by atoms with van der Waals surface area (Å²) in [5.74, 6) is 0.0220. The number of benzene rings is 2. The van der Waals surface area contributed by atoms with Crippen LogP contribution < -0.4 is 9.47 Å². The number of aliphatic carboxylic acids is 1. The van der Waals surface area contributed by atoms with Gasteiger partial charge in [-0.2, -0.15) is 0 Å². The standard InChI is InChI=1S/C18H15NO4S2/c1-22-13-8-5-6-11(16(13)23-2)10-15(17(20)21)25-18-19-12-7-3-4-9-14(12)24-18/h3-10H,1-2H3,(H,20,21)/b15-10+. The number of rotatable bonds is 6. The summed E-state index contributed by atoms with van der Waals surface area (Å²) >= 11 is 2.59. The second-order valence-corrected chi connectivity index (χ2v) is 7.27. The predicted molar refractivity (Wildman–Crippen MR) is 101 cm³/mol. The first-order valence-corrected chi connectivity index (χ1v) is 8.95. The van der Waals surface area contributed by atoms with Crippen LogP contribution in [0.1, 0.15) is 5.56 Å². The summed E-state index contributed by atoms with van der Waals surface area (Å²) in [4.78, 5) is 16.3. The molecular formula is C18H15NO4S2. The topological polar surface area (TPSA) is 68.7 Å². The van der Waals surface area contributed by atoms with E-state index >= 15 is 0 Å². The normalized spacial score (nSPS) is 11.5. The van der Waals surface area contributed by atoms with Crippen molar-refractivity contribution in [3.63, 3.8) is 0 Å². The van der Waals surface area contributed by atoms with Gasteiger partial charge in [0.1, 0.15) is 4.91 Å². The molecule has 0 aliphatic carbocycles. The Labute approximate surface area is 152 Å². The average molecular weight is 373 g/mol. The first kappa shape index (κ1) is 17.3. The summed E-state index contributed by atoms with van der Waals surface area (Å²) in [6, 6.07) is 13.0. The fourth-order valence-corrected chi connectivity index (χ4v) is 4.30. The molecule has 0 unspecified atom stereocenters. The Balaban J connectivity index is 1.98. The summed E-state index contributed by atoms with van der Waals surface area (Å²) in [5, 5.41) is 9.58. The van der Waals surface area contributed by atoms with Crippen LogP contribution >= 0.6 is 23.1 Å². The minimum Gasteiger partial charge on any atom is -0.493 e. The highest BCUT2D eigenvalue weighted by atomic mass is 32.2. The Bertz CT molecular complexity index is 916. The molecule has 0 spiro atoms. The van der Waals surface area contributed by atoms with Crippen LogP contribution in [0.3, 0.4) is 0 Å². The summed E-state index contributed by atoms with van der Waals surface area (Å²) in [6.45, 7) is 0. The van der Waals surface area contributed by atoms with Crippen LogP contribution in [0.2, 0.25) is 0 Å². The van der Waals surface area contributed by atoms with Gasteiger partial charge in [-0.1, -0.05) is 36.0 Å². The molecule has 0 aliphatic rings. The molecule has 128 valence electrons. The van der Waals surface area contributed by atoms with Crippen LogP contribution in [0.25, 0.3) is 16.3 Å². The molecule has 25 heavy (non-hydrogen) atoms. The highest BCUT2D eigenvalue weighted by molar-refractivity contribution is 8.05. The molecule has 0 aliphatic heterocycles. The van der Waals surface area contributed by atoms with Gasteiger partial charge in [0.25, 0.3) is 0 Å². The second kappa shape index (κ2) is 7.58. The molecule has 0 bridgehead atoms. The maximum absolute atomic E-state index is 11.7. The van der Waals surface area contributed by atoms with Crippen molar-refractivity contribution in [2.45, 2.75) is 4.34 Å². The molecule has 0 saturated carbocycles. The van der Waals surface area contributed by atoms with E-state index in [9.17, 15) is 9.90 Å². The number of ether oxygens (including phenoxy) is 2. The van der Waals surface area contributed by atoms with E-state index in [4.69, 9.17) is 9.47 Å². The number of thiazole rings is 1. The lowest BCUT2D eigenvalue weighted by Gasteiger charge is -2.10. The van der Waals surface area contributed by atoms with Gasteiger partial charge in [0.2, 0.25) is 0 Å². The molecule has 0 saturated heterocycles. The maximum atomic E-state index is 11.7. The van der Waals surface area contributed by atoms with Crippen molar-refractivity contribution < 1.29 is 19.4 Å². The fraction of sp³-hybridized carbons (Fsp3) is 0.111. The van der Waals surface area contributed by atoms with Gasteiger partial charge in [-0.25, -0.2) is 9.78 Å². The zero-order valence-corrected chi connectivity index (χ0v) is 15.2. The van der Waals surface area contributed by atoms with Crippen molar-refractivity contribution in [3.8, 4) is 11.5 Å². The zero-order valence-electron chi connectivity index (χ0n) is 13.6. The van der Waals surface area contributed by atoms with Gasteiger partial charge < -0.3 is 14.6 Å². The highest BCUT2D eigenvalue weighted by Gasteiger charge is 2.16. The van der Waals surface area contributed by atoms with E-state index < -0.39 is 5.97 Å². The smallest absolute Gasteiger partial charge is 0.342 e. The number of carboxylic acids is 1. The second-order valence-electron chi connectivity index (χ2n) is 4.95. The van der Waals surface area contributed by atoms with E-state index in [-0.39, 0.29) is 4.91 Å². The Kier molecular flexibility index (Phi) is 5.25. The van der Waals surface area contributed by atoms with Gasteiger partial charge in [0.05, 0.1) is 24.4 Å². The van der Waals surface area contributed by atoms with Crippen molar-refractivity contribution in [2.75, 3.05) is 14.2 Å². The van der Waals surface area contributed by atoms with E-state index in [2.05, 4.69) is 4.98 Å². The summed E-state index contributed by atoms with van der Waals surface area (Å²) < 4.78 is 12.3. The number of para-hydroxylation sites is 2. The van der Waals surface area contributed by atoms with E-state index in [1.807, 2.05) is 24.3 Å². The molecule has 0 radical (unpaired) electrons. The monoisotopic (exact) mass is 373 g/mol. The average Bonchev–Trinajstić information content (AvgIpc) is 3.03. The van der Waals surface area contributed by atoms with Gasteiger partial charge in [0, 0.05) is 5.56 Å². The zero-order chi connectivity index (χ0) is 17.8. The quantitative estimate of drug-likeness (QED) is 0.506. The van der Waals surface area contributed by atoms with Gasteiger partial charge >= 0.3 is 5.97 Å². The molecule has 0 atom stereocenters. The molecule has 7 heteroatoms. The predicted octanol–water partition coefficient (Wildman–Crippen LogP) is 4.53. The number of fused-ring (bicyclic) bond motifs is 1. The minimum atomic E-state index is -1.02. The Morgan fingerprint density at radius 3 is 2.64 bits per heavy atom. The first-order chi connectivity index (χ1) is 12.1. The first-order valence-electron chi connectivity index (χ1n) is 7.31. The molecule has 5 nitrogen and oxygen atoms in total. The number of carboxylic acid groups (broad SMARTS) is 1. The maximum Gasteiger partial charge on any atom is 0.342 e. The Hall–Kier alpha value is -2.51. The van der Waals surface area contributed by atoms with Gasteiger partial charge in [-0.05, 0) is 24.3 Å². The molecule has 1 N–H and O–H groups in total. The van der Waals surface area contributed by atoms with Crippen molar-refractivity contribution in [3.05, 3.63) is 52.9 Å². The van der Waals surface area contributed by atoms with Crippen LogP contribution in [-0.4, -0.2) is 30.3 Å². The molecule has 1 aromatic heterocycles.